The van der Waals surface area contributed by atoms with E-state index in [1.54, 1.807) is 19.1 Å². The number of nitro benzene ring substituents is 1. The van der Waals surface area contributed by atoms with Gasteiger partial charge in [0.25, 0.3) is 5.69 Å². The molecule has 14 heavy (non-hydrogen) atoms. The molecule has 0 aromatic heterocycles. The van der Waals surface area contributed by atoms with E-state index in [-0.39, 0.29) is 12.3 Å². The van der Waals surface area contributed by atoms with Gasteiger partial charge < -0.3 is 5.11 Å². The van der Waals surface area contributed by atoms with Gasteiger partial charge in [-0.05, 0) is 34.2 Å². The van der Waals surface area contributed by atoms with Crippen LogP contribution in [0.15, 0.2) is 18.2 Å². The molecule has 0 heterocycles. The van der Waals surface area contributed by atoms with Gasteiger partial charge in [0.05, 0.1) is 15.1 Å². The normalized spacial score (nSPS) is 10.6. The number of halogens is 1. The highest BCUT2D eigenvalue weighted by atomic mass is 127. The van der Waals surface area contributed by atoms with Crippen molar-refractivity contribution in [1.82, 2.24) is 0 Å². The first kappa shape index (κ1) is 11.4. The van der Waals surface area contributed by atoms with Crippen molar-refractivity contribution in [3.63, 3.8) is 0 Å². The Morgan fingerprint density at radius 1 is 1.64 bits per heavy atom. The largest absolute Gasteiger partial charge is 0.395 e. The molecule has 4 nitrogen and oxygen atoms in total. The van der Waals surface area contributed by atoms with Crippen LogP contribution in [0.25, 0.3) is 0 Å². The second kappa shape index (κ2) is 4.70. The van der Waals surface area contributed by atoms with Crippen LogP contribution in [0.2, 0.25) is 0 Å². The van der Waals surface area contributed by atoms with Crippen LogP contribution in [0.5, 0.6) is 0 Å². The van der Waals surface area contributed by atoms with Gasteiger partial charge in [-0.15, -0.1) is 0 Å². The molecule has 1 N–H and O–H groups in total. The van der Waals surface area contributed by atoms with Crippen LogP contribution >= 0.6 is 22.6 Å². The lowest BCUT2D eigenvalue weighted by Crippen LogP contribution is -2.01. The Labute approximate surface area is 95.2 Å². The van der Waals surface area contributed by atoms with Crippen LogP contribution in [0.1, 0.15) is 12.5 Å². The van der Waals surface area contributed by atoms with E-state index < -0.39 is 4.92 Å². The summed E-state index contributed by atoms with van der Waals surface area (Å²) in [6.45, 7) is 1.66. The number of nitro groups is 1. The standard InChI is InChI=1S/C9H9INO3/c1-6(5-12)7-2-3-8(10)9(4-7)11(13)14/h2-4,12H,5H2,1H3. The van der Waals surface area contributed by atoms with Gasteiger partial charge in [-0.25, -0.2) is 0 Å². The number of hydrogen-bond donors (Lipinski definition) is 1. The van der Waals surface area contributed by atoms with Gasteiger partial charge in [-0.3, -0.25) is 10.1 Å². The molecule has 0 bridgehead atoms. The van der Waals surface area contributed by atoms with Crippen molar-refractivity contribution in [3.05, 3.63) is 43.4 Å². The van der Waals surface area contributed by atoms with Crippen molar-refractivity contribution < 1.29 is 10.0 Å². The molecule has 0 spiro atoms. The summed E-state index contributed by atoms with van der Waals surface area (Å²) in [6.07, 6.45) is 0. The second-order valence-electron chi connectivity index (χ2n) is 2.86. The van der Waals surface area contributed by atoms with E-state index in [0.29, 0.717) is 9.13 Å². The first-order valence-corrected chi connectivity index (χ1v) is 5.01. The molecular formula is C9H9INO3. The van der Waals surface area contributed by atoms with Gasteiger partial charge in [0.15, 0.2) is 0 Å². The quantitative estimate of drug-likeness (QED) is 0.528. The number of aliphatic hydroxyl groups is 1. The molecular weight excluding hydrogens is 297 g/mol. The van der Waals surface area contributed by atoms with Gasteiger partial charge >= 0.3 is 0 Å². The summed E-state index contributed by atoms with van der Waals surface area (Å²) in [7, 11) is 0. The molecule has 0 aliphatic carbocycles. The predicted octanol–water partition coefficient (Wildman–Crippen LogP) is 2.13. The third kappa shape index (κ3) is 2.42. The SMILES string of the molecule is C[C](CO)c1ccc(I)c([N+](=O)[O-])c1. The molecule has 1 radical (unpaired) electrons. The summed E-state index contributed by atoms with van der Waals surface area (Å²) >= 11 is 1.91. The van der Waals surface area contributed by atoms with Crippen molar-refractivity contribution in [1.29, 1.82) is 0 Å². The summed E-state index contributed by atoms with van der Waals surface area (Å²) in [5, 5.41) is 19.5. The van der Waals surface area contributed by atoms with Gasteiger partial charge in [-0.2, -0.15) is 0 Å². The maximum atomic E-state index is 10.6. The number of rotatable bonds is 3. The number of nitrogens with zero attached hydrogens (tertiary/aromatic N) is 1. The predicted molar refractivity (Wildman–Crippen MR) is 60.9 cm³/mol. The average molecular weight is 306 g/mol. The first-order valence-electron chi connectivity index (χ1n) is 3.94. The fraction of sp³-hybridized carbons (Fsp3) is 0.222. The van der Waals surface area contributed by atoms with Gasteiger partial charge in [0.2, 0.25) is 0 Å². The third-order valence-corrected chi connectivity index (χ3v) is 2.79. The van der Waals surface area contributed by atoms with Crippen molar-refractivity contribution in [2.45, 2.75) is 6.92 Å². The van der Waals surface area contributed by atoms with E-state index in [9.17, 15) is 10.1 Å². The minimum absolute atomic E-state index is 0.0795. The zero-order chi connectivity index (χ0) is 10.7. The Bertz CT molecular complexity index is 354. The third-order valence-electron chi connectivity index (χ3n) is 1.87. The van der Waals surface area contributed by atoms with E-state index >= 15 is 0 Å². The van der Waals surface area contributed by atoms with E-state index in [4.69, 9.17) is 5.11 Å². The van der Waals surface area contributed by atoms with Crippen molar-refractivity contribution in [3.8, 4) is 0 Å². The molecule has 75 valence electrons. The number of hydrogen-bond acceptors (Lipinski definition) is 3. The summed E-state index contributed by atoms with van der Waals surface area (Å²) in [5.41, 5.74) is 0.788. The molecule has 0 unspecified atom stereocenters. The average Bonchev–Trinajstić information content (AvgIpc) is 2.17. The van der Waals surface area contributed by atoms with Gasteiger partial charge in [0, 0.05) is 12.0 Å². The molecule has 0 amide bonds. The highest BCUT2D eigenvalue weighted by molar-refractivity contribution is 14.1. The van der Waals surface area contributed by atoms with Gasteiger partial charge in [0.1, 0.15) is 0 Å². The zero-order valence-corrected chi connectivity index (χ0v) is 9.69. The highest BCUT2D eigenvalue weighted by Crippen LogP contribution is 2.25. The van der Waals surface area contributed by atoms with Crippen LogP contribution in [-0.4, -0.2) is 16.6 Å². The molecule has 1 aromatic rings. The maximum Gasteiger partial charge on any atom is 0.282 e. The van der Waals surface area contributed by atoms with Crippen LogP contribution in [-0.2, 0) is 0 Å². The van der Waals surface area contributed by atoms with Crippen molar-refractivity contribution in [2.75, 3.05) is 6.61 Å². The van der Waals surface area contributed by atoms with Gasteiger partial charge in [-0.1, -0.05) is 13.0 Å². The molecule has 0 fully saturated rings. The first-order chi connectivity index (χ1) is 6.56. The fourth-order valence-corrected chi connectivity index (χ4v) is 1.54. The molecule has 0 atom stereocenters. The minimum Gasteiger partial charge on any atom is -0.395 e. The van der Waals surface area contributed by atoms with Crippen molar-refractivity contribution >= 4 is 28.3 Å². The Morgan fingerprint density at radius 2 is 2.29 bits per heavy atom. The summed E-state index contributed by atoms with van der Waals surface area (Å²) in [4.78, 5) is 10.2. The van der Waals surface area contributed by atoms with E-state index in [0.717, 1.165) is 5.92 Å². The lowest BCUT2D eigenvalue weighted by Gasteiger charge is -2.07. The molecule has 0 saturated carbocycles. The Kier molecular flexibility index (Phi) is 3.82. The number of benzene rings is 1. The fourth-order valence-electron chi connectivity index (χ4n) is 1.01. The monoisotopic (exact) mass is 306 g/mol. The molecule has 0 aliphatic rings. The topological polar surface area (TPSA) is 63.4 Å². The van der Waals surface area contributed by atoms with Crippen LogP contribution in [0, 0.1) is 19.6 Å². The van der Waals surface area contributed by atoms with E-state index in [1.807, 2.05) is 22.6 Å². The molecule has 5 heteroatoms. The summed E-state index contributed by atoms with van der Waals surface area (Å²) < 4.78 is 0.599. The minimum atomic E-state index is -0.421. The van der Waals surface area contributed by atoms with Crippen molar-refractivity contribution in [2.24, 2.45) is 0 Å². The Hall–Kier alpha value is -0.690. The molecule has 0 saturated heterocycles. The molecule has 1 rings (SSSR count). The Balaban J connectivity index is 3.12. The maximum absolute atomic E-state index is 10.6. The lowest BCUT2D eigenvalue weighted by atomic mass is 10.0. The van der Waals surface area contributed by atoms with E-state index in [1.165, 1.54) is 6.07 Å². The summed E-state index contributed by atoms with van der Waals surface area (Å²) in [5.74, 6) is 0.726. The van der Waals surface area contributed by atoms with Crippen LogP contribution in [0.3, 0.4) is 0 Å². The zero-order valence-electron chi connectivity index (χ0n) is 7.53. The molecule has 1 aromatic carbocycles. The van der Waals surface area contributed by atoms with Crippen LogP contribution in [0.4, 0.5) is 5.69 Å². The Morgan fingerprint density at radius 3 is 2.79 bits per heavy atom. The second-order valence-corrected chi connectivity index (χ2v) is 4.02. The number of aliphatic hydroxyl groups excluding tert-OH is 1. The highest BCUT2D eigenvalue weighted by Gasteiger charge is 2.14. The van der Waals surface area contributed by atoms with E-state index in [2.05, 4.69) is 0 Å². The van der Waals surface area contributed by atoms with Crippen LogP contribution < -0.4 is 0 Å². The summed E-state index contributed by atoms with van der Waals surface area (Å²) in [6, 6.07) is 4.92. The smallest absolute Gasteiger partial charge is 0.282 e. The lowest BCUT2D eigenvalue weighted by molar-refractivity contribution is -0.385. The molecule has 0 aliphatic heterocycles.